The Morgan fingerprint density at radius 1 is 0.459 bits per heavy atom. The number of hydrogen-bond donors (Lipinski definition) is 11. The highest BCUT2D eigenvalue weighted by Gasteiger charge is 2.56. The molecule has 3 fully saturated rings. The van der Waals surface area contributed by atoms with E-state index in [1.807, 2.05) is 0 Å². The molecule has 212 valence electrons. The fourth-order valence-electron chi connectivity index (χ4n) is 3.98. The number of ether oxygens (including phenoxy) is 5. The van der Waals surface area contributed by atoms with Gasteiger partial charge in [-0.05, 0) is 0 Å². The van der Waals surface area contributed by atoms with E-state index in [0.717, 1.165) is 0 Å². The van der Waals surface area contributed by atoms with Crippen molar-refractivity contribution >= 4 is 17.9 Å². The molecule has 3 heterocycles. The summed E-state index contributed by atoms with van der Waals surface area (Å²) in [5, 5.41) is 108. The lowest BCUT2D eigenvalue weighted by Gasteiger charge is -2.46. The van der Waals surface area contributed by atoms with E-state index < -0.39 is 110 Å². The highest BCUT2D eigenvalue weighted by atomic mass is 16.8. The van der Waals surface area contributed by atoms with Crippen LogP contribution in [0.1, 0.15) is 0 Å². The Hall–Kier alpha value is -2.11. The summed E-state index contributed by atoms with van der Waals surface area (Å²) in [5.41, 5.74) is 0. The molecule has 3 aliphatic heterocycles. The Morgan fingerprint density at radius 2 is 0.838 bits per heavy atom. The third-order valence-electron chi connectivity index (χ3n) is 5.99. The Bertz CT molecular complexity index is 853. The zero-order valence-electron chi connectivity index (χ0n) is 18.3. The van der Waals surface area contributed by atoms with Crippen LogP contribution in [-0.4, -0.2) is 166 Å². The first-order valence-electron chi connectivity index (χ1n) is 10.6. The van der Waals surface area contributed by atoms with Crippen LogP contribution in [0.4, 0.5) is 0 Å². The number of rotatable bonds is 7. The van der Waals surface area contributed by atoms with Gasteiger partial charge in [0, 0.05) is 0 Å². The normalized spacial score (nSPS) is 48.8. The summed E-state index contributed by atoms with van der Waals surface area (Å²) in [7, 11) is 0. The van der Waals surface area contributed by atoms with Gasteiger partial charge < -0.3 is 79.9 Å². The first-order chi connectivity index (χ1) is 17.2. The standard InChI is InChI=1S/C18H26O19/c19-1-2(20)10(13(26)27)36-17(6(1)24)35-9-4(22)7(25)18(37-12(9)15(30)31)34-8-3(21)5(23)16(32)33-11(8)14(28)29/h1-12,16-25,32H,(H,26,27)(H,28,29)(H,30,31)/t1-,2-,3-,4-,5-,6+,7-,8-,9-,10+,11-,12-,16?,17+,18+/m1/s1. The highest BCUT2D eigenvalue weighted by Crippen LogP contribution is 2.32. The molecule has 3 aliphatic rings. The van der Waals surface area contributed by atoms with E-state index >= 15 is 0 Å². The Morgan fingerprint density at radius 3 is 1.30 bits per heavy atom. The molecule has 15 atom stereocenters. The summed E-state index contributed by atoms with van der Waals surface area (Å²) in [5.74, 6) is -5.46. The van der Waals surface area contributed by atoms with Gasteiger partial charge >= 0.3 is 17.9 Å². The summed E-state index contributed by atoms with van der Waals surface area (Å²) in [4.78, 5) is 34.5. The fourth-order valence-corrected chi connectivity index (χ4v) is 3.98. The van der Waals surface area contributed by atoms with Crippen LogP contribution in [0, 0.1) is 0 Å². The van der Waals surface area contributed by atoms with Crippen LogP contribution in [0.25, 0.3) is 0 Å². The van der Waals surface area contributed by atoms with Crippen molar-refractivity contribution in [2.24, 2.45) is 0 Å². The summed E-state index contributed by atoms with van der Waals surface area (Å²) < 4.78 is 24.8. The number of hydrogen-bond acceptors (Lipinski definition) is 16. The van der Waals surface area contributed by atoms with Gasteiger partial charge in [-0.2, -0.15) is 0 Å². The molecule has 11 N–H and O–H groups in total. The lowest BCUT2D eigenvalue weighted by atomic mass is 9.95. The first-order valence-corrected chi connectivity index (χ1v) is 10.6. The zero-order chi connectivity index (χ0) is 27.9. The molecule has 37 heavy (non-hydrogen) atoms. The predicted molar refractivity (Wildman–Crippen MR) is 103 cm³/mol. The molecule has 0 spiro atoms. The summed E-state index contributed by atoms with van der Waals surface area (Å²) >= 11 is 0. The molecule has 0 amide bonds. The summed E-state index contributed by atoms with van der Waals surface area (Å²) in [6.07, 6.45) is -32.5. The van der Waals surface area contributed by atoms with Gasteiger partial charge in [-0.25, -0.2) is 14.4 Å². The van der Waals surface area contributed by atoms with Crippen molar-refractivity contribution in [3.8, 4) is 0 Å². The fraction of sp³-hybridized carbons (Fsp3) is 0.833. The topological polar surface area (TPSA) is 320 Å². The number of aliphatic carboxylic acids is 3. The first kappa shape index (κ1) is 29.4. The lowest BCUT2D eigenvalue weighted by molar-refractivity contribution is -0.368. The van der Waals surface area contributed by atoms with Crippen LogP contribution in [-0.2, 0) is 38.1 Å². The van der Waals surface area contributed by atoms with E-state index in [1.54, 1.807) is 0 Å². The minimum Gasteiger partial charge on any atom is -0.479 e. The Labute approximate surface area is 205 Å². The molecule has 0 bridgehead atoms. The smallest absolute Gasteiger partial charge is 0.335 e. The molecule has 3 saturated heterocycles. The van der Waals surface area contributed by atoms with Crippen LogP contribution < -0.4 is 0 Å². The minimum atomic E-state index is -2.29. The van der Waals surface area contributed by atoms with Crippen LogP contribution >= 0.6 is 0 Å². The van der Waals surface area contributed by atoms with E-state index in [1.165, 1.54) is 0 Å². The molecule has 19 heteroatoms. The molecule has 3 rings (SSSR count). The molecule has 0 radical (unpaired) electrons. The van der Waals surface area contributed by atoms with Crippen molar-refractivity contribution in [1.82, 2.24) is 0 Å². The quantitative estimate of drug-likeness (QED) is 0.141. The van der Waals surface area contributed by atoms with Crippen molar-refractivity contribution in [1.29, 1.82) is 0 Å². The molecule has 0 saturated carbocycles. The van der Waals surface area contributed by atoms with Crippen molar-refractivity contribution in [3.63, 3.8) is 0 Å². The molecular formula is C18H26O19. The van der Waals surface area contributed by atoms with Crippen LogP contribution in [0.15, 0.2) is 0 Å². The third-order valence-corrected chi connectivity index (χ3v) is 5.99. The van der Waals surface area contributed by atoms with E-state index in [2.05, 4.69) is 4.74 Å². The molecule has 0 aromatic heterocycles. The second-order valence-corrected chi connectivity index (χ2v) is 8.45. The lowest BCUT2D eigenvalue weighted by Crippen LogP contribution is -2.67. The minimum absolute atomic E-state index is 1.79. The molecule has 0 aliphatic carbocycles. The van der Waals surface area contributed by atoms with Crippen molar-refractivity contribution < 1.29 is 94.2 Å². The van der Waals surface area contributed by atoms with Gasteiger partial charge in [0.2, 0.25) is 0 Å². The van der Waals surface area contributed by atoms with Crippen LogP contribution in [0.5, 0.6) is 0 Å². The van der Waals surface area contributed by atoms with Crippen molar-refractivity contribution in [2.45, 2.75) is 92.1 Å². The van der Waals surface area contributed by atoms with E-state index in [0.29, 0.717) is 0 Å². The van der Waals surface area contributed by atoms with E-state index in [4.69, 9.17) is 24.1 Å². The molecular weight excluding hydrogens is 520 g/mol. The predicted octanol–water partition coefficient (Wildman–Crippen LogP) is -7.30. The van der Waals surface area contributed by atoms with Gasteiger partial charge in [-0.3, -0.25) is 0 Å². The van der Waals surface area contributed by atoms with E-state index in [-0.39, 0.29) is 0 Å². The Kier molecular flexibility index (Phi) is 9.01. The van der Waals surface area contributed by atoms with Gasteiger partial charge in [0.25, 0.3) is 0 Å². The van der Waals surface area contributed by atoms with Crippen LogP contribution in [0.3, 0.4) is 0 Å². The number of carboxylic acids is 3. The molecule has 1 unspecified atom stereocenters. The monoisotopic (exact) mass is 546 g/mol. The molecule has 0 aromatic rings. The number of carbonyl (C=O) groups is 3. The maximum Gasteiger partial charge on any atom is 0.335 e. The third kappa shape index (κ3) is 5.68. The SMILES string of the molecule is O=C(O)[C@H]1O[C@H](O[C@@H]2[C@H](O)[C@@H](O)[C@@H](O[C@@H]3[C@H](O)[C@@H](O)C(O)O[C@H]3C(=O)O)O[C@H]2C(=O)O)[C@@H](O)[C@H](O)[C@H]1O. The maximum atomic E-state index is 11.8. The van der Waals surface area contributed by atoms with Crippen molar-refractivity contribution in [3.05, 3.63) is 0 Å². The van der Waals surface area contributed by atoms with Crippen molar-refractivity contribution in [2.75, 3.05) is 0 Å². The van der Waals surface area contributed by atoms with Gasteiger partial charge in [-0.1, -0.05) is 0 Å². The summed E-state index contributed by atoms with van der Waals surface area (Å²) in [6.45, 7) is 0. The zero-order valence-corrected chi connectivity index (χ0v) is 18.3. The van der Waals surface area contributed by atoms with Crippen LogP contribution in [0.2, 0.25) is 0 Å². The number of aliphatic hydroxyl groups excluding tert-OH is 8. The average Bonchev–Trinajstić information content (AvgIpc) is 2.82. The second-order valence-electron chi connectivity index (χ2n) is 8.45. The summed E-state index contributed by atoms with van der Waals surface area (Å²) in [6, 6.07) is 0. The molecule has 19 nitrogen and oxygen atoms in total. The largest absolute Gasteiger partial charge is 0.479 e. The maximum absolute atomic E-state index is 11.8. The van der Waals surface area contributed by atoms with Gasteiger partial charge in [0.05, 0.1) is 0 Å². The van der Waals surface area contributed by atoms with Gasteiger partial charge in [-0.15, -0.1) is 0 Å². The van der Waals surface area contributed by atoms with Gasteiger partial charge in [0.15, 0.2) is 37.2 Å². The molecule has 0 aromatic carbocycles. The number of aliphatic hydroxyl groups is 8. The van der Waals surface area contributed by atoms with Gasteiger partial charge in [0.1, 0.15) is 54.9 Å². The second kappa shape index (κ2) is 11.3. The van der Waals surface area contributed by atoms with E-state index in [9.17, 15) is 65.4 Å². The number of carboxylic acid groups (broad SMARTS) is 3. The highest BCUT2D eigenvalue weighted by molar-refractivity contribution is 5.74. The average molecular weight is 546 g/mol. The Balaban J connectivity index is 1.81.